The molecule has 1 saturated heterocycles. The Bertz CT molecular complexity index is 956. The largest absolute Gasteiger partial charge is 0.342 e. The lowest BCUT2D eigenvalue weighted by atomic mass is 9.93. The summed E-state index contributed by atoms with van der Waals surface area (Å²) in [6, 6.07) is 22.7. The first-order valence-corrected chi connectivity index (χ1v) is 10.2. The average Bonchev–Trinajstić information content (AvgIpc) is 2.76. The van der Waals surface area contributed by atoms with Crippen molar-refractivity contribution in [3.63, 3.8) is 0 Å². The van der Waals surface area contributed by atoms with Crippen LogP contribution in [0.4, 0.5) is 4.39 Å². The zero-order valence-electron chi connectivity index (χ0n) is 16.4. The third-order valence-electron chi connectivity index (χ3n) is 5.52. The number of pyridine rings is 1. The zero-order valence-corrected chi connectivity index (χ0v) is 16.4. The predicted octanol–water partition coefficient (Wildman–Crippen LogP) is 4.76. The van der Waals surface area contributed by atoms with Gasteiger partial charge in [0.15, 0.2) is 0 Å². The molecule has 0 unspecified atom stereocenters. The fraction of sp³-hybridized carbons (Fsp3) is 0.280. The molecule has 0 N–H and O–H groups in total. The van der Waals surface area contributed by atoms with Crippen molar-refractivity contribution in [3.8, 4) is 0 Å². The molecule has 0 spiro atoms. The Morgan fingerprint density at radius 1 is 0.966 bits per heavy atom. The topological polar surface area (TPSA) is 33.2 Å². The smallest absolute Gasteiger partial charge is 0.227 e. The minimum Gasteiger partial charge on any atom is -0.342 e. The van der Waals surface area contributed by atoms with Gasteiger partial charge >= 0.3 is 0 Å². The maximum Gasteiger partial charge on any atom is 0.227 e. The molecule has 1 atom stereocenters. The molecule has 0 aliphatic carbocycles. The first kappa shape index (κ1) is 19.3. The molecule has 0 bridgehead atoms. The molecule has 1 fully saturated rings. The van der Waals surface area contributed by atoms with Crippen LogP contribution in [0.1, 0.15) is 41.3 Å². The van der Waals surface area contributed by atoms with Crippen molar-refractivity contribution >= 4 is 5.91 Å². The lowest BCUT2D eigenvalue weighted by Crippen LogP contribution is -2.40. The molecule has 0 saturated carbocycles. The minimum atomic E-state index is -0.277. The van der Waals surface area contributed by atoms with Gasteiger partial charge in [0.25, 0.3) is 0 Å². The fourth-order valence-electron chi connectivity index (χ4n) is 3.96. The summed E-state index contributed by atoms with van der Waals surface area (Å²) >= 11 is 0. The number of amides is 1. The van der Waals surface area contributed by atoms with Crippen molar-refractivity contribution < 1.29 is 9.18 Å². The Kier molecular flexibility index (Phi) is 5.99. The van der Waals surface area contributed by atoms with Gasteiger partial charge in [0, 0.05) is 36.8 Å². The molecule has 148 valence electrons. The Morgan fingerprint density at radius 2 is 1.76 bits per heavy atom. The van der Waals surface area contributed by atoms with E-state index in [0.29, 0.717) is 13.0 Å². The quantitative estimate of drug-likeness (QED) is 0.631. The molecule has 3 nitrogen and oxygen atoms in total. The van der Waals surface area contributed by atoms with Crippen LogP contribution in [-0.2, 0) is 17.6 Å². The van der Waals surface area contributed by atoms with E-state index in [1.54, 1.807) is 12.1 Å². The molecular formula is C25H25FN2O. The van der Waals surface area contributed by atoms with Crippen LogP contribution in [0, 0.1) is 5.82 Å². The summed E-state index contributed by atoms with van der Waals surface area (Å²) in [7, 11) is 0. The average molecular weight is 388 g/mol. The number of aromatic nitrogens is 1. The Morgan fingerprint density at radius 3 is 2.55 bits per heavy atom. The van der Waals surface area contributed by atoms with Crippen LogP contribution >= 0.6 is 0 Å². The molecule has 1 amide bonds. The Labute approximate surface area is 171 Å². The summed E-state index contributed by atoms with van der Waals surface area (Å²) in [6.45, 7) is 1.47. The van der Waals surface area contributed by atoms with E-state index < -0.39 is 0 Å². The summed E-state index contributed by atoms with van der Waals surface area (Å²) in [5.41, 5.74) is 4.22. The minimum absolute atomic E-state index is 0.0988. The van der Waals surface area contributed by atoms with Crippen LogP contribution in [0.2, 0.25) is 0 Å². The molecule has 2 aromatic carbocycles. The summed E-state index contributed by atoms with van der Waals surface area (Å²) < 4.78 is 13.1. The van der Waals surface area contributed by atoms with Crippen molar-refractivity contribution in [3.05, 3.63) is 101 Å². The number of likely N-dealkylation sites (tertiary alicyclic amines) is 1. The maximum absolute atomic E-state index is 13.1. The molecule has 2 heterocycles. The van der Waals surface area contributed by atoms with Gasteiger partial charge in [-0.25, -0.2) is 4.39 Å². The fourth-order valence-corrected chi connectivity index (χ4v) is 3.96. The van der Waals surface area contributed by atoms with E-state index in [9.17, 15) is 9.18 Å². The van der Waals surface area contributed by atoms with Crippen molar-refractivity contribution in [1.82, 2.24) is 9.88 Å². The molecular weight excluding hydrogens is 363 g/mol. The predicted molar refractivity (Wildman–Crippen MR) is 112 cm³/mol. The first-order chi connectivity index (χ1) is 14.2. The second-order valence-electron chi connectivity index (χ2n) is 7.70. The van der Waals surface area contributed by atoms with Crippen LogP contribution in [-0.4, -0.2) is 28.9 Å². The van der Waals surface area contributed by atoms with E-state index in [1.807, 2.05) is 23.1 Å². The number of nitrogens with zero attached hydrogens (tertiary/aromatic N) is 2. The van der Waals surface area contributed by atoms with E-state index in [2.05, 4.69) is 30.3 Å². The monoisotopic (exact) mass is 388 g/mol. The second-order valence-corrected chi connectivity index (χ2v) is 7.70. The van der Waals surface area contributed by atoms with Gasteiger partial charge in [-0.05, 0) is 48.2 Å². The van der Waals surface area contributed by atoms with Crippen LogP contribution in [0.5, 0.6) is 0 Å². The number of benzene rings is 2. The summed E-state index contributed by atoms with van der Waals surface area (Å²) in [4.78, 5) is 19.6. The number of hydrogen-bond acceptors (Lipinski definition) is 2. The zero-order chi connectivity index (χ0) is 20.1. The molecule has 1 aromatic heterocycles. The van der Waals surface area contributed by atoms with Crippen molar-refractivity contribution in [2.45, 2.75) is 31.6 Å². The molecule has 1 aliphatic heterocycles. The summed E-state index contributed by atoms with van der Waals surface area (Å²) in [5.74, 6) is 0.0825. The molecule has 29 heavy (non-hydrogen) atoms. The van der Waals surface area contributed by atoms with E-state index >= 15 is 0 Å². The highest BCUT2D eigenvalue weighted by Crippen LogP contribution is 2.26. The summed E-state index contributed by atoms with van der Waals surface area (Å²) in [5, 5.41) is 0. The van der Waals surface area contributed by atoms with Gasteiger partial charge in [-0.2, -0.15) is 0 Å². The van der Waals surface area contributed by atoms with Crippen LogP contribution in [0.15, 0.2) is 72.8 Å². The molecule has 0 radical (unpaired) electrons. The number of halogens is 1. The van der Waals surface area contributed by atoms with Crippen LogP contribution < -0.4 is 0 Å². The lowest BCUT2D eigenvalue weighted by molar-refractivity contribution is -0.131. The van der Waals surface area contributed by atoms with Gasteiger partial charge in [0.1, 0.15) is 5.82 Å². The highest BCUT2D eigenvalue weighted by Gasteiger charge is 2.25. The van der Waals surface area contributed by atoms with Gasteiger partial charge in [-0.15, -0.1) is 0 Å². The second kappa shape index (κ2) is 8.99. The van der Waals surface area contributed by atoms with Gasteiger partial charge < -0.3 is 4.90 Å². The van der Waals surface area contributed by atoms with Crippen molar-refractivity contribution in [1.29, 1.82) is 0 Å². The van der Waals surface area contributed by atoms with E-state index in [1.165, 1.54) is 17.7 Å². The molecule has 4 rings (SSSR count). The maximum atomic E-state index is 13.1. The summed E-state index contributed by atoms with van der Waals surface area (Å²) in [6.07, 6.45) is 3.15. The van der Waals surface area contributed by atoms with Crippen molar-refractivity contribution in [2.75, 3.05) is 13.1 Å². The van der Waals surface area contributed by atoms with Crippen molar-refractivity contribution in [2.24, 2.45) is 0 Å². The molecule has 4 heteroatoms. The number of carbonyl (C=O) groups is 1. The third kappa shape index (κ3) is 5.08. The standard InChI is InChI=1S/C25H25FN2O/c26-22-13-11-20(12-14-22)17-25(29)28-15-5-8-21(18-28)24-10-4-9-23(27-24)16-19-6-2-1-3-7-19/h1-4,6-7,9-14,21H,5,8,15-18H2/t21-/m1/s1. The van der Waals surface area contributed by atoms with Gasteiger partial charge in [0.05, 0.1) is 6.42 Å². The molecule has 1 aliphatic rings. The number of piperidine rings is 1. The first-order valence-electron chi connectivity index (χ1n) is 10.2. The van der Waals surface area contributed by atoms with Crippen LogP contribution in [0.3, 0.4) is 0 Å². The Hall–Kier alpha value is -3.01. The third-order valence-corrected chi connectivity index (χ3v) is 5.52. The lowest BCUT2D eigenvalue weighted by Gasteiger charge is -2.32. The van der Waals surface area contributed by atoms with Gasteiger partial charge in [-0.1, -0.05) is 48.5 Å². The molecule has 3 aromatic rings. The number of carbonyl (C=O) groups excluding carboxylic acids is 1. The van der Waals surface area contributed by atoms with E-state index in [4.69, 9.17) is 4.98 Å². The SMILES string of the molecule is O=C(Cc1ccc(F)cc1)N1CCC[C@@H](c2cccc(Cc3ccccc3)n2)C1. The normalized spacial score (nSPS) is 16.6. The van der Waals surface area contributed by atoms with E-state index in [0.717, 1.165) is 42.8 Å². The number of hydrogen-bond donors (Lipinski definition) is 0. The Balaban J connectivity index is 1.42. The number of rotatable bonds is 5. The highest BCUT2D eigenvalue weighted by atomic mass is 19.1. The highest BCUT2D eigenvalue weighted by molar-refractivity contribution is 5.79. The van der Waals surface area contributed by atoms with Gasteiger partial charge in [-0.3, -0.25) is 9.78 Å². The van der Waals surface area contributed by atoms with Gasteiger partial charge in [0.2, 0.25) is 5.91 Å². The van der Waals surface area contributed by atoms with E-state index in [-0.39, 0.29) is 17.6 Å². The van der Waals surface area contributed by atoms with Crippen LogP contribution in [0.25, 0.3) is 0 Å².